The molecule has 0 spiro atoms. The summed E-state index contributed by atoms with van der Waals surface area (Å²) in [6.07, 6.45) is -1.04. The van der Waals surface area contributed by atoms with Crippen molar-refractivity contribution in [1.29, 1.82) is 0 Å². The van der Waals surface area contributed by atoms with Gasteiger partial charge in [0, 0.05) is 35.3 Å². The van der Waals surface area contributed by atoms with E-state index in [4.69, 9.17) is 11.5 Å². The number of ether oxygens (including phenoxy) is 1. The largest absolute Gasteiger partial charge is 0.573 e. The van der Waals surface area contributed by atoms with E-state index in [1.165, 1.54) is 10.6 Å². The first-order valence-electron chi connectivity index (χ1n) is 13.9. The van der Waals surface area contributed by atoms with E-state index in [2.05, 4.69) is 20.0 Å². The van der Waals surface area contributed by atoms with Gasteiger partial charge in [0.1, 0.15) is 5.65 Å². The number of rotatable bonds is 12. The average molecular weight is 589 g/mol. The molecule has 226 valence electrons. The fourth-order valence-corrected chi connectivity index (χ4v) is 4.72. The highest BCUT2D eigenvalue weighted by Crippen LogP contribution is 2.35. The van der Waals surface area contributed by atoms with Gasteiger partial charge in [0.05, 0.1) is 11.4 Å². The number of benzene rings is 2. The Hall–Kier alpha value is -3.74. The van der Waals surface area contributed by atoms with Crippen LogP contribution in [0.15, 0.2) is 53.5 Å². The summed E-state index contributed by atoms with van der Waals surface area (Å²) in [5.74, 6) is -2.10. The number of aryl methyl sites for hydroxylation is 1. The fourth-order valence-electron chi connectivity index (χ4n) is 4.72. The van der Waals surface area contributed by atoms with Gasteiger partial charge in [-0.3, -0.25) is 4.57 Å². The van der Waals surface area contributed by atoms with Gasteiger partial charge in [0.2, 0.25) is 0 Å². The minimum absolute atomic E-state index is 0.0786. The molecule has 0 saturated carbocycles. The summed E-state index contributed by atoms with van der Waals surface area (Å²) in [5, 5.41) is 3.88. The standard InChI is InChI=1S/C30H36F4N6O2/c1-17(35)5-4-6-20-13-24(27(31)26(14-20)42-30(32,33)34)25-15-22-16-40(29(41)39-28(22)38-25)23-9-7-21(8-10-23)19(3)37-12-11-18(2)36/h7-10,13-19,37H,4-6,11-12,35-36H2,1-3H3,(H,38,39,41)/t17-,18-,19-/m0/s1. The Morgan fingerprint density at radius 3 is 2.38 bits per heavy atom. The van der Waals surface area contributed by atoms with Gasteiger partial charge in [0.15, 0.2) is 11.6 Å². The molecule has 0 aliphatic carbocycles. The molecule has 6 N–H and O–H groups in total. The van der Waals surface area contributed by atoms with E-state index in [0.29, 0.717) is 35.9 Å². The van der Waals surface area contributed by atoms with Crippen molar-refractivity contribution in [2.45, 2.75) is 70.9 Å². The molecule has 4 rings (SSSR count). The van der Waals surface area contributed by atoms with Crippen molar-refractivity contribution in [3.63, 3.8) is 0 Å². The molecule has 8 nitrogen and oxygen atoms in total. The van der Waals surface area contributed by atoms with Crippen molar-refractivity contribution in [3.05, 3.63) is 76.1 Å². The summed E-state index contributed by atoms with van der Waals surface area (Å²) in [6, 6.07) is 11.6. The molecule has 2 aromatic carbocycles. The summed E-state index contributed by atoms with van der Waals surface area (Å²) in [6.45, 7) is 6.60. The summed E-state index contributed by atoms with van der Waals surface area (Å²) < 4.78 is 59.8. The van der Waals surface area contributed by atoms with Gasteiger partial charge in [0.25, 0.3) is 0 Å². The molecule has 2 aromatic heterocycles. The Morgan fingerprint density at radius 1 is 1.05 bits per heavy atom. The minimum Gasteiger partial charge on any atom is -0.403 e. The maximum atomic E-state index is 15.3. The van der Waals surface area contributed by atoms with Crippen LogP contribution in [0.2, 0.25) is 0 Å². The lowest BCUT2D eigenvalue weighted by molar-refractivity contribution is -0.275. The van der Waals surface area contributed by atoms with Gasteiger partial charge >= 0.3 is 12.1 Å². The zero-order valence-electron chi connectivity index (χ0n) is 23.8. The zero-order valence-corrected chi connectivity index (χ0v) is 23.8. The number of aromatic nitrogens is 3. The van der Waals surface area contributed by atoms with E-state index in [9.17, 15) is 18.0 Å². The second-order valence-electron chi connectivity index (χ2n) is 10.8. The molecular formula is C30H36F4N6O2. The highest BCUT2D eigenvalue weighted by atomic mass is 19.4. The van der Waals surface area contributed by atoms with E-state index >= 15 is 4.39 Å². The molecule has 4 aromatic rings. The SMILES string of the molecule is C[C@H](N)CCCc1cc(OC(F)(F)F)c(F)c(-c2cc3cn(-c4ccc([C@H](C)NCC[C@H](C)N)cc4)c(=O)nc3[nH]2)c1. The molecule has 0 aliphatic heterocycles. The number of alkyl halides is 3. The van der Waals surface area contributed by atoms with Gasteiger partial charge in [-0.2, -0.15) is 4.98 Å². The number of hydrogen-bond donors (Lipinski definition) is 4. The first kappa shape index (κ1) is 31.2. The van der Waals surface area contributed by atoms with Crippen LogP contribution >= 0.6 is 0 Å². The molecule has 0 amide bonds. The minimum atomic E-state index is -5.07. The number of nitrogens with zero attached hydrogens (tertiary/aromatic N) is 2. The molecule has 42 heavy (non-hydrogen) atoms. The van der Waals surface area contributed by atoms with Gasteiger partial charge in [-0.25, -0.2) is 9.18 Å². The second-order valence-corrected chi connectivity index (χ2v) is 10.8. The molecule has 0 aliphatic rings. The smallest absolute Gasteiger partial charge is 0.403 e. The Balaban J connectivity index is 1.65. The molecule has 0 bridgehead atoms. The monoisotopic (exact) mass is 588 g/mol. The van der Waals surface area contributed by atoms with Crippen LogP contribution in [0.3, 0.4) is 0 Å². The van der Waals surface area contributed by atoms with Crippen LogP contribution in [-0.4, -0.2) is 39.5 Å². The highest BCUT2D eigenvalue weighted by molar-refractivity contribution is 5.83. The van der Waals surface area contributed by atoms with Crippen molar-refractivity contribution in [2.24, 2.45) is 11.5 Å². The third kappa shape index (κ3) is 7.96. The average Bonchev–Trinajstić information content (AvgIpc) is 3.31. The second kappa shape index (κ2) is 13.1. The van der Waals surface area contributed by atoms with Gasteiger partial charge in [-0.05, 0) is 94.5 Å². The number of hydrogen-bond acceptors (Lipinski definition) is 6. The third-order valence-corrected chi connectivity index (χ3v) is 6.97. The van der Waals surface area contributed by atoms with Crippen molar-refractivity contribution in [2.75, 3.05) is 6.54 Å². The van der Waals surface area contributed by atoms with E-state index in [1.807, 2.05) is 32.9 Å². The van der Waals surface area contributed by atoms with Crippen molar-refractivity contribution in [3.8, 4) is 22.7 Å². The summed E-state index contributed by atoms with van der Waals surface area (Å²) in [5.41, 5.74) is 13.3. The van der Waals surface area contributed by atoms with Gasteiger partial charge < -0.3 is 26.5 Å². The van der Waals surface area contributed by atoms with Gasteiger partial charge in [-0.15, -0.1) is 13.2 Å². The van der Waals surface area contributed by atoms with Crippen LogP contribution < -0.4 is 27.2 Å². The molecule has 12 heteroatoms. The van der Waals surface area contributed by atoms with Crippen molar-refractivity contribution >= 4 is 11.0 Å². The number of H-pyrrole nitrogens is 1. The highest BCUT2D eigenvalue weighted by Gasteiger charge is 2.33. The summed E-state index contributed by atoms with van der Waals surface area (Å²) in [7, 11) is 0. The van der Waals surface area contributed by atoms with Crippen molar-refractivity contribution < 1.29 is 22.3 Å². The Labute approximate surface area is 241 Å². The first-order chi connectivity index (χ1) is 19.8. The summed E-state index contributed by atoms with van der Waals surface area (Å²) in [4.78, 5) is 19.9. The normalized spacial score (nSPS) is 14.2. The lowest BCUT2D eigenvalue weighted by atomic mass is 10.0. The van der Waals surface area contributed by atoms with E-state index < -0.39 is 23.6 Å². The Morgan fingerprint density at radius 2 is 1.74 bits per heavy atom. The van der Waals surface area contributed by atoms with Crippen LogP contribution in [0.5, 0.6) is 5.75 Å². The summed E-state index contributed by atoms with van der Waals surface area (Å²) >= 11 is 0. The molecule has 2 heterocycles. The molecule has 0 saturated heterocycles. The Bertz CT molecular complexity index is 1560. The van der Waals surface area contributed by atoms with Crippen LogP contribution in [0.1, 0.15) is 57.2 Å². The maximum absolute atomic E-state index is 15.3. The first-order valence-corrected chi connectivity index (χ1v) is 13.9. The van der Waals surface area contributed by atoms with Gasteiger partial charge in [-0.1, -0.05) is 12.1 Å². The number of fused-ring (bicyclic) bond motifs is 1. The number of nitrogens with two attached hydrogens (primary N) is 2. The molecule has 0 unspecified atom stereocenters. The van der Waals surface area contributed by atoms with Crippen LogP contribution in [0.4, 0.5) is 17.6 Å². The van der Waals surface area contributed by atoms with Crippen molar-refractivity contribution in [1.82, 2.24) is 19.9 Å². The van der Waals surface area contributed by atoms with Crippen LogP contribution in [0, 0.1) is 5.82 Å². The predicted molar refractivity (Wildman–Crippen MR) is 155 cm³/mol. The lowest BCUT2D eigenvalue weighted by Crippen LogP contribution is -2.26. The quantitative estimate of drug-likeness (QED) is 0.163. The van der Waals surface area contributed by atoms with Crippen LogP contribution in [0.25, 0.3) is 28.0 Å². The fraction of sp³-hybridized carbons (Fsp3) is 0.400. The predicted octanol–water partition coefficient (Wildman–Crippen LogP) is 5.48. The third-order valence-electron chi connectivity index (χ3n) is 6.97. The number of nitrogens with one attached hydrogen (secondary N) is 2. The lowest BCUT2D eigenvalue weighted by Gasteiger charge is -2.16. The van der Waals surface area contributed by atoms with Crippen LogP contribution in [-0.2, 0) is 6.42 Å². The maximum Gasteiger partial charge on any atom is 0.573 e. The zero-order chi connectivity index (χ0) is 30.6. The molecule has 3 atom stereocenters. The topological polar surface area (TPSA) is 124 Å². The van der Waals surface area contributed by atoms with E-state index in [0.717, 1.165) is 24.6 Å². The van der Waals surface area contributed by atoms with E-state index in [-0.39, 0.29) is 35.0 Å². The number of halogens is 4. The molecular weight excluding hydrogens is 552 g/mol. The Kier molecular flexibility index (Phi) is 9.70. The molecule has 0 radical (unpaired) electrons. The number of aromatic amines is 1. The van der Waals surface area contributed by atoms with E-state index in [1.54, 1.807) is 24.4 Å². The molecule has 0 fully saturated rings.